The average molecular weight is 250 g/mol. The van der Waals surface area contributed by atoms with Crippen molar-refractivity contribution in [2.45, 2.75) is 13.5 Å². The fourth-order valence-corrected chi connectivity index (χ4v) is 2.03. The molecule has 88 valence electrons. The van der Waals surface area contributed by atoms with Crippen molar-refractivity contribution in [3.8, 4) is 0 Å². The number of carboxylic acid groups (broad SMARTS) is 1. The van der Waals surface area contributed by atoms with Gasteiger partial charge in [0, 0.05) is 11.1 Å². The Morgan fingerprint density at radius 3 is 3.06 bits per heavy atom. The molecule has 0 radical (unpaired) electrons. The van der Waals surface area contributed by atoms with Crippen LogP contribution >= 0.6 is 11.3 Å². The Bertz CT molecular complexity index is 541. The van der Waals surface area contributed by atoms with E-state index in [-0.39, 0.29) is 11.4 Å². The van der Waals surface area contributed by atoms with Crippen molar-refractivity contribution < 1.29 is 9.90 Å². The number of thiazole rings is 1. The lowest BCUT2D eigenvalue weighted by molar-refractivity contribution is 0.0697. The van der Waals surface area contributed by atoms with Gasteiger partial charge in [0.1, 0.15) is 5.56 Å². The van der Waals surface area contributed by atoms with Gasteiger partial charge in [0.15, 0.2) is 5.82 Å². The van der Waals surface area contributed by atoms with Gasteiger partial charge in [0.25, 0.3) is 0 Å². The molecule has 0 aliphatic carbocycles. The van der Waals surface area contributed by atoms with Gasteiger partial charge < -0.3 is 10.4 Å². The van der Waals surface area contributed by atoms with E-state index in [9.17, 15) is 4.79 Å². The van der Waals surface area contributed by atoms with Gasteiger partial charge in [-0.15, -0.1) is 16.4 Å². The third-order valence-corrected chi connectivity index (χ3v) is 2.96. The van der Waals surface area contributed by atoms with Gasteiger partial charge in [-0.2, -0.15) is 5.10 Å². The molecule has 2 N–H and O–H groups in total. The molecular formula is C10H10N4O2S. The molecule has 0 fully saturated rings. The topological polar surface area (TPSA) is 88.0 Å². The number of aryl methyl sites for hydroxylation is 1. The minimum absolute atomic E-state index is 0.112. The summed E-state index contributed by atoms with van der Waals surface area (Å²) >= 11 is 1.55. The van der Waals surface area contributed by atoms with Crippen molar-refractivity contribution in [1.29, 1.82) is 0 Å². The zero-order valence-electron chi connectivity index (χ0n) is 9.04. The number of hydrogen-bond acceptors (Lipinski definition) is 6. The van der Waals surface area contributed by atoms with Crippen molar-refractivity contribution in [2.75, 3.05) is 5.32 Å². The maximum atomic E-state index is 10.9. The molecule has 0 saturated carbocycles. The Balaban J connectivity index is 2.11. The van der Waals surface area contributed by atoms with Crippen LogP contribution in [0.3, 0.4) is 0 Å². The van der Waals surface area contributed by atoms with Gasteiger partial charge in [0.05, 0.1) is 17.7 Å². The number of nitrogens with one attached hydrogen (secondary N) is 1. The zero-order valence-corrected chi connectivity index (χ0v) is 9.86. The predicted octanol–water partition coefficient (Wildman–Crippen LogP) is 1.55. The van der Waals surface area contributed by atoms with E-state index in [4.69, 9.17) is 5.11 Å². The smallest absolute Gasteiger partial charge is 0.339 e. The Morgan fingerprint density at radius 1 is 1.59 bits per heavy atom. The fraction of sp³-hybridized carbons (Fsp3) is 0.200. The third-order valence-electron chi connectivity index (χ3n) is 2.05. The fourth-order valence-electron chi connectivity index (χ4n) is 1.29. The number of carbonyl (C=O) groups is 1. The highest BCUT2D eigenvalue weighted by atomic mass is 32.1. The summed E-state index contributed by atoms with van der Waals surface area (Å²) in [5, 5.41) is 20.3. The van der Waals surface area contributed by atoms with E-state index in [1.807, 2.05) is 6.92 Å². The van der Waals surface area contributed by atoms with E-state index < -0.39 is 5.97 Å². The molecule has 7 heteroatoms. The van der Waals surface area contributed by atoms with Crippen LogP contribution in [0.25, 0.3) is 0 Å². The monoisotopic (exact) mass is 250 g/mol. The van der Waals surface area contributed by atoms with Crippen LogP contribution in [0.1, 0.15) is 20.2 Å². The van der Waals surface area contributed by atoms with E-state index in [2.05, 4.69) is 20.5 Å². The van der Waals surface area contributed by atoms with Crippen LogP contribution in [0.4, 0.5) is 5.82 Å². The Morgan fingerprint density at radius 2 is 2.41 bits per heavy atom. The second kappa shape index (κ2) is 4.88. The normalized spacial score (nSPS) is 10.2. The van der Waals surface area contributed by atoms with Crippen molar-refractivity contribution in [3.63, 3.8) is 0 Å². The first-order chi connectivity index (χ1) is 8.16. The first kappa shape index (κ1) is 11.5. The first-order valence-corrected chi connectivity index (χ1v) is 5.68. The number of rotatable bonds is 4. The standard InChI is InChI=1S/C10H10N4O2S/c1-6-11-4-7(17-6)5-12-9-8(10(15)16)2-3-13-14-9/h2-4H,5H2,1H3,(H,12,14)(H,15,16). The van der Waals surface area contributed by atoms with Crippen LogP contribution in [-0.4, -0.2) is 26.3 Å². The van der Waals surface area contributed by atoms with E-state index >= 15 is 0 Å². The summed E-state index contributed by atoms with van der Waals surface area (Å²) in [6, 6.07) is 1.41. The molecular weight excluding hydrogens is 240 g/mol. The molecule has 0 atom stereocenters. The summed E-state index contributed by atoms with van der Waals surface area (Å²) in [5.74, 6) is -0.756. The number of carboxylic acids is 1. The lowest BCUT2D eigenvalue weighted by Gasteiger charge is -2.05. The van der Waals surface area contributed by atoms with E-state index in [0.717, 1.165) is 9.88 Å². The minimum atomic E-state index is -1.03. The molecule has 0 aromatic carbocycles. The number of anilines is 1. The van der Waals surface area contributed by atoms with Crippen molar-refractivity contribution >= 4 is 23.1 Å². The highest BCUT2D eigenvalue weighted by molar-refractivity contribution is 7.11. The summed E-state index contributed by atoms with van der Waals surface area (Å²) in [6.45, 7) is 2.41. The van der Waals surface area contributed by atoms with E-state index in [0.29, 0.717) is 6.54 Å². The molecule has 2 aromatic heterocycles. The summed E-state index contributed by atoms with van der Waals surface area (Å²) in [4.78, 5) is 16.1. The molecule has 0 spiro atoms. The number of aromatic carboxylic acids is 1. The molecule has 0 amide bonds. The second-order valence-corrected chi connectivity index (χ2v) is 4.62. The van der Waals surface area contributed by atoms with Crippen LogP contribution < -0.4 is 5.32 Å². The summed E-state index contributed by atoms with van der Waals surface area (Å²) < 4.78 is 0. The molecule has 0 unspecified atom stereocenters. The van der Waals surface area contributed by atoms with Crippen LogP contribution in [0.5, 0.6) is 0 Å². The molecule has 0 aliphatic rings. The Labute approximate surface area is 101 Å². The first-order valence-electron chi connectivity index (χ1n) is 4.87. The molecule has 0 aliphatic heterocycles. The zero-order chi connectivity index (χ0) is 12.3. The van der Waals surface area contributed by atoms with E-state index in [1.54, 1.807) is 17.5 Å². The Kier molecular flexibility index (Phi) is 3.29. The van der Waals surface area contributed by atoms with Crippen LogP contribution in [0, 0.1) is 6.92 Å². The summed E-state index contributed by atoms with van der Waals surface area (Å²) in [6.07, 6.45) is 3.11. The van der Waals surface area contributed by atoms with Crippen LogP contribution in [0.15, 0.2) is 18.5 Å². The molecule has 6 nitrogen and oxygen atoms in total. The Hall–Kier alpha value is -2.02. The van der Waals surface area contributed by atoms with Gasteiger partial charge >= 0.3 is 5.97 Å². The van der Waals surface area contributed by atoms with Crippen molar-refractivity contribution in [2.24, 2.45) is 0 Å². The third kappa shape index (κ3) is 2.76. The summed E-state index contributed by atoms with van der Waals surface area (Å²) in [7, 11) is 0. The largest absolute Gasteiger partial charge is 0.478 e. The lowest BCUT2D eigenvalue weighted by atomic mass is 10.3. The maximum Gasteiger partial charge on any atom is 0.339 e. The van der Waals surface area contributed by atoms with Crippen molar-refractivity contribution in [3.05, 3.63) is 33.9 Å². The van der Waals surface area contributed by atoms with E-state index in [1.165, 1.54) is 12.3 Å². The second-order valence-electron chi connectivity index (χ2n) is 3.30. The molecule has 17 heavy (non-hydrogen) atoms. The van der Waals surface area contributed by atoms with Crippen LogP contribution in [0.2, 0.25) is 0 Å². The number of nitrogens with zero attached hydrogens (tertiary/aromatic N) is 3. The van der Waals surface area contributed by atoms with Gasteiger partial charge in [-0.05, 0) is 13.0 Å². The molecule has 2 rings (SSSR count). The van der Waals surface area contributed by atoms with Gasteiger partial charge in [-0.3, -0.25) is 0 Å². The van der Waals surface area contributed by atoms with Gasteiger partial charge in [0.2, 0.25) is 0 Å². The molecule has 0 saturated heterocycles. The minimum Gasteiger partial charge on any atom is -0.478 e. The highest BCUT2D eigenvalue weighted by Gasteiger charge is 2.11. The maximum absolute atomic E-state index is 10.9. The molecule has 0 bridgehead atoms. The molecule has 2 heterocycles. The van der Waals surface area contributed by atoms with Crippen molar-refractivity contribution in [1.82, 2.24) is 15.2 Å². The van der Waals surface area contributed by atoms with Crippen LogP contribution in [-0.2, 0) is 6.54 Å². The van der Waals surface area contributed by atoms with Gasteiger partial charge in [-0.1, -0.05) is 0 Å². The SMILES string of the molecule is Cc1ncc(CNc2nnccc2C(=O)O)s1. The van der Waals surface area contributed by atoms with Gasteiger partial charge in [-0.25, -0.2) is 9.78 Å². The summed E-state index contributed by atoms with van der Waals surface area (Å²) in [5.41, 5.74) is 0.112. The molecule has 2 aromatic rings. The average Bonchev–Trinajstić information content (AvgIpc) is 2.73. The number of aromatic nitrogens is 3. The quantitative estimate of drug-likeness (QED) is 0.856. The number of hydrogen-bond donors (Lipinski definition) is 2. The highest BCUT2D eigenvalue weighted by Crippen LogP contribution is 2.15. The lowest BCUT2D eigenvalue weighted by Crippen LogP contribution is -2.08. The predicted molar refractivity (Wildman–Crippen MR) is 63.2 cm³/mol.